The smallest absolute Gasteiger partial charge is 0.549 e. The number of carboxylic acid groups (broad SMARTS) is 4. The van der Waals surface area contributed by atoms with Gasteiger partial charge in [-0.1, -0.05) is 0 Å². The van der Waals surface area contributed by atoms with Crippen LogP contribution in [0.1, 0.15) is 0 Å². The largest absolute Gasteiger partial charge is 4.00 e. The number of nitrogens with zero attached hydrogens (tertiary/aromatic N) is 2. The van der Waals surface area contributed by atoms with Crippen molar-refractivity contribution < 1.29 is 79.5 Å². The van der Waals surface area contributed by atoms with Crippen LogP contribution in [0.5, 0.6) is 0 Å². The summed E-state index contributed by atoms with van der Waals surface area (Å²) in [6.45, 7) is -3.25. The molecule has 0 radical (unpaired) electrons. The maximum atomic E-state index is 10.4. The zero-order valence-corrected chi connectivity index (χ0v) is 15.0. The fraction of sp³-hybridized carbons (Fsp3) is 0.600. The van der Waals surface area contributed by atoms with Crippen molar-refractivity contribution in [1.82, 2.24) is 9.80 Å². The van der Waals surface area contributed by atoms with E-state index in [9.17, 15) is 39.6 Å². The quantitative estimate of drug-likeness (QED) is 0.255. The van der Waals surface area contributed by atoms with Gasteiger partial charge in [0.15, 0.2) is 0 Å². The van der Waals surface area contributed by atoms with Crippen LogP contribution >= 0.6 is 0 Å². The van der Waals surface area contributed by atoms with Crippen LogP contribution in [0.15, 0.2) is 0 Å². The van der Waals surface area contributed by atoms with Crippen LogP contribution in [0, 0.1) is 39.9 Å². The van der Waals surface area contributed by atoms with Gasteiger partial charge < -0.3 is 39.6 Å². The standard InChI is InChI=1S/C10H16N2O8.Th/c13-7(14)3-11(4-8(15)16)1-2-12(5-9(17)18)6-10(19)20;/h1-6H2,(H,13,14)(H,15,16)(H,17,18)(H,19,20);/q;+4/p-4. The summed E-state index contributed by atoms with van der Waals surface area (Å²) in [7, 11) is 0. The van der Waals surface area contributed by atoms with Crippen LogP contribution in [0.2, 0.25) is 0 Å². The third kappa shape index (κ3) is 13.8. The zero-order chi connectivity index (χ0) is 15.7. The molecule has 0 amide bonds. The summed E-state index contributed by atoms with van der Waals surface area (Å²) in [6, 6.07) is 0. The molecule has 0 saturated carbocycles. The van der Waals surface area contributed by atoms with E-state index < -0.39 is 50.1 Å². The SMILES string of the molecule is O=C([O-])CN(CCN(CC(=O)[O-])CC(=O)[O-])CC(=O)[O-].[Th+4]. The molecule has 0 fully saturated rings. The summed E-state index contributed by atoms with van der Waals surface area (Å²) in [4.78, 5) is 43.4. The molecule has 114 valence electrons. The summed E-state index contributed by atoms with van der Waals surface area (Å²) >= 11 is 0. The minimum absolute atomic E-state index is 0. The fourth-order valence-electron chi connectivity index (χ4n) is 1.44. The maximum absolute atomic E-state index is 10.4. The summed E-state index contributed by atoms with van der Waals surface area (Å²) in [6.07, 6.45) is 0. The van der Waals surface area contributed by atoms with Gasteiger partial charge in [-0.15, -0.1) is 0 Å². The van der Waals surface area contributed by atoms with E-state index in [1.54, 1.807) is 0 Å². The minimum atomic E-state index is -1.53. The van der Waals surface area contributed by atoms with Gasteiger partial charge in [-0.3, -0.25) is 9.80 Å². The molecule has 0 unspecified atom stereocenters. The summed E-state index contributed by atoms with van der Waals surface area (Å²) in [5, 5.41) is 41.6. The van der Waals surface area contributed by atoms with E-state index >= 15 is 0 Å². The van der Waals surface area contributed by atoms with Gasteiger partial charge in [0.2, 0.25) is 0 Å². The number of carbonyl (C=O) groups is 4. The normalized spacial score (nSPS) is 10.2. The van der Waals surface area contributed by atoms with Crippen molar-refractivity contribution >= 4 is 23.9 Å². The Hall–Kier alpha value is -0.875. The van der Waals surface area contributed by atoms with Crippen LogP contribution < -0.4 is 20.4 Å². The second kappa shape index (κ2) is 11.7. The third-order valence-electron chi connectivity index (χ3n) is 2.14. The van der Waals surface area contributed by atoms with E-state index in [4.69, 9.17) is 0 Å². The Bertz CT molecular complexity index is 321. The minimum Gasteiger partial charge on any atom is -0.549 e. The molecule has 0 rings (SSSR count). The number of hydrogen-bond acceptors (Lipinski definition) is 10. The predicted molar refractivity (Wildman–Crippen MR) is 52.9 cm³/mol. The van der Waals surface area contributed by atoms with Crippen molar-refractivity contribution in [2.24, 2.45) is 0 Å². The second-order valence-electron chi connectivity index (χ2n) is 3.91. The Morgan fingerprint density at radius 2 is 0.762 bits per heavy atom. The van der Waals surface area contributed by atoms with Crippen LogP contribution in [0.4, 0.5) is 0 Å². The molecule has 0 aromatic carbocycles. The molecule has 0 aromatic heterocycles. The van der Waals surface area contributed by atoms with Crippen molar-refractivity contribution in [3.05, 3.63) is 0 Å². The first-order chi connectivity index (χ1) is 9.20. The van der Waals surface area contributed by atoms with Crippen molar-refractivity contribution in [1.29, 1.82) is 0 Å². The van der Waals surface area contributed by atoms with Crippen molar-refractivity contribution in [2.75, 3.05) is 39.3 Å². The van der Waals surface area contributed by atoms with Crippen molar-refractivity contribution in [3.63, 3.8) is 0 Å². The van der Waals surface area contributed by atoms with Crippen LogP contribution in [-0.2, 0) is 19.2 Å². The molecule has 0 aromatic rings. The van der Waals surface area contributed by atoms with Crippen molar-refractivity contribution in [2.45, 2.75) is 0 Å². The molecule has 0 aliphatic heterocycles. The Balaban J connectivity index is 0. The van der Waals surface area contributed by atoms with Gasteiger partial charge in [0, 0.05) is 39.3 Å². The number of aliphatic carboxylic acids is 4. The van der Waals surface area contributed by atoms with Gasteiger partial charge in [-0.25, -0.2) is 0 Å². The Morgan fingerprint density at radius 1 is 0.571 bits per heavy atom. The second-order valence-corrected chi connectivity index (χ2v) is 3.91. The molecule has 0 N–H and O–H groups in total. The molecule has 0 atom stereocenters. The Labute approximate surface area is 152 Å². The van der Waals surface area contributed by atoms with Crippen LogP contribution in [0.25, 0.3) is 0 Å². The number of rotatable bonds is 11. The molecule has 0 bridgehead atoms. The first kappa shape index (κ1) is 22.4. The summed E-state index contributed by atoms with van der Waals surface area (Å²) in [5.74, 6) is -6.12. The maximum Gasteiger partial charge on any atom is 4.00 e. The zero-order valence-electron chi connectivity index (χ0n) is 10.9. The number of carbonyl (C=O) groups excluding carboxylic acids is 4. The topological polar surface area (TPSA) is 167 Å². The Morgan fingerprint density at radius 3 is 0.905 bits per heavy atom. The molecule has 0 saturated heterocycles. The third-order valence-corrected chi connectivity index (χ3v) is 2.14. The molecular weight excluding hydrogens is 508 g/mol. The van der Waals surface area contributed by atoms with Gasteiger partial charge in [0.05, 0.1) is 23.9 Å². The fourth-order valence-corrected chi connectivity index (χ4v) is 1.44. The first-order valence-electron chi connectivity index (χ1n) is 5.44. The monoisotopic (exact) mass is 520 g/mol. The van der Waals surface area contributed by atoms with E-state index in [0.717, 1.165) is 9.80 Å². The molecule has 21 heavy (non-hydrogen) atoms. The van der Waals surface area contributed by atoms with E-state index in [1.807, 2.05) is 0 Å². The van der Waals surface area contributed by atoms with Crippen molar-refractivity contribution in [3.8, 4) is 0 Å². The Kier molecular flexibility index (Phi) is 12.5. The average molecular weight is 520 g/mol. The van der Waals surface area contributed by atoms with Gasteiger partial charge in [0.25, 0.3) is 0 Å². The average Bonchev–Trinajstić information content (AvgIpc) is 2.22. The molecule has 10 nitrogen and oxygen atoms in total. The molecule has 0 aliphatic carbocycles. The van der Waals surface area contributed by atoms with Gasteiger partial charge >= 0.3 is 39.9 Å². The predicted octanol–water partition coefficient (Wildman–Crippen LogP) is -7.41. The molecule has 0 heterocycles. The van der Waals surface area contributed by atoms with Gasteiger partial charge in [0.1, 0.15) is 0 Å². The molecular formula is C10H12N2O8Th. The van der Waals surface area contributed by atoms with E-state index in [-0.39, 0.29) is 53.0 Å². The van der Waals surface area contributed by atoms with Gasteiger partial charge in [-0.05, 0) is 0 Å². The van der Waals surface area contributed by atoms with Crippen LogP contribution in [0.3, 0.4) is 0 Å². The molecule has 11 heteroatoms. The number of carboxylic acids is 4. The summed E-state index contributed by atoms with van der Waals surface area (Å²) in [5.41, 5.74) is 0. The van der Waals surface area contributed by atoms with Gasteiger partial charge in [-0.2, -0.15) is 0 Å². The van der Waals surface area contributed by atoms with E-state index in [1.165, 1.54) is 0 Å². The number of hydrogen-bond donors (Lipinski definition) is 0. The van der Waals surface area contributed by atoms with E-state index in [2.05, 4.69) is 0 Å². The molecule has 0 spiro atoms. The molecule has 0 aliphatic rings. The van der Waals surface area contributed by atoms with E-state index in [0.29, 0.717) is 0 Å². The first-order valence-corrected chi connectivity index (χ1v) is 5.44. The van der Waals surface area contributed by atoms with Crippen LogP contribution in [-0.4, -0.2) is 72.9 Å². The summed E-state index contributed by atoms with van der Waals surface area (Å²) < 4.78 is 0.